The summed E-state index contributed by atoms with van der Waals surface area (Å²) in [6.45, 7) is 1.80. The van der Waals surface area contributed by atoms with E-state index in [1.165, 1.54) is 29.4 Å². The van der Waals surface area contributed by atoms with Gasteiger partial charge in [0.15, 0.2) is 11.2 Å². The third-order valence-electron chi connectivity index (χ3n) is 7.42. The average molecular weight is 443 g/mol. The van der Waals surface area contributed by atoms with Crippen LogP contribution < -0.4 is 16.3 Å². The number of nitrogens with zero attached hydrogens (tertiary/aromatic N) is 5. The molecule has 2 aliphatic rings. The molecule has 1 N–H and O–H groups in total. The minimum atomic E-state index is -0.471. The Balaban J connectivity index is 1.33. The quantitative estimate of drug-likeness (QED) is 0.513. The van der Waals surface area contributed by atoms with Crippen molar-refractivity contribution in [2.75, 3.05) is 18.1 Å². The molecule has 0 amide bonds. The van der Waals surface area contributed by atoms with Crippen LogP contribution in [0.4, 0.5) is 0 Å². The van der Waals surface area contributed by atoms with E-state index in [9.17, 15) is 9.59 Å². The summed E-state index contributed by atoms with van der Waals surface area (Å²) in [4.78, 5) is 36.2. The van der Waals surface area contributed by atoms with E-state index in [0.29, 0.717) is 29.1 Å². The molecule has 2 atom stereocenters. The zero-order chi connectivity index (χ0) is 22.4. The predicted octanol–water partition coefficient (Wildman–Crippen LogP) is 2.50. The van der Waals surface area contributed by atoms with Gasteiger partial charge in [0.2, 0.25) is 0 Å². The van der Waals surface area contributed by atoms with Gasteiger partial charge in [-0.15, -0.1) is 0 Å². The van der Waals surface area contributed by atoms with Crippen molar-refractivity contribution >= 4 is 11.2 Å². The van der Waals surface area contributed by atoms with Crippen molar-refractivity contribution < 1.29 is 0 Å². The second kappa shape index (κ2) is 8.03. The Labute approximate surface area is 190 Å². The molecule has 1 aliphatic carbocycles. The Morgan fingerprint density at radius 3 is 2.42 bits per heavy atom. The summed E-state index contributed by atoms with van der Waals surface area (Å²) in [5, 5.41) is 2.27. The number of aryl methyl sites for hydroxylation is 1. The van der Waals surface area contributed by atoms with E-state index in [1.54, 1.807) is 30.9 Å². The van der Waals surface area contributed by atoms with Gasteiger partial charge in [0.1, 0.15) is 6.33 Å². The number of rotatable bonds is 5. The number of pyridine rings is 1. The molecule has 4 heterocycles. The van der Waals surface area contributed by atoms with E-state index < -0.39 is 11.2 Å². The lowest BCUT2D eigenvalue weighted by Gasteiger charge is -2.40. The molecule has 4 aromatic rings. The highest BCUT2D eigenvalue weighted by Gasteiger charge is 2.42. The summed E-state index contributed by atoms with van der Waals surface area (Å²) >= 11 is 0. The smallest absolute Gasteiger partial charge is 0.309 e. The number of benzene rings is 1. The minimum absolute atomic E-state index is 0.268. The van der Waals surface area contributed by atoms with Crippen molar-refractivity contribution in [2.24, 2.45) is 17.8 Å². The monoisotopic (exact) mass is 442 g/mol. The fraction of sp³-hybridized carbons (Fsp3) is 0.360. The molecule has 8 nitrogen and oxygen atoms in total. The van der Waals surface area contributed by atoms with Crippen LogP contribution in [-0.4, -0.2) is 37.3 Å². The van der Waals surface area contributed by atoms with Gasteiger partial charge in [0, 0.05) is 25.5 Å². The van der Waals surface area contributed by atoms with E-state index in [-0.39, 0.29) is 5.52 Å². The maximum atomic E-state index is 12.8. The van der Waals surface area contributed by atoms with Crippen LogP contribution in [0.5, 0.6) is 0 Å². The zero-order valence-electron chi connectivity index (χ0n) is 18.3. The molecule has 8 heteroatoms. The largest absolute Gasteiger partial charge is 0.334 e. The van der Waals surface area contributed by atoms with Crippen LogP contribution in [0.1, 0.15) is 24.8 Å². The molecule has 2 fully saturated rings. The SMILES string of the molecule is O=c1[nH]c(=O)n(-c2ccncc2)c2c1ncn2N1CC2CCC(C1)C2CCc1ccccc1. The third kappa shape index (κ3) is 3.46. The molecule has 2 bridgehead atoms. The van der Waals surface area contributed by atoms with Crippen LogP contribution in [0.2, 0.25) is 0 Å². The molecular formula is C25H26N6O2. The van der Waals surface area contributed by atoms with Crippen molar-refractivity contribution in [1.29, 1.82) is 0 Å². The van der Waals surface area contributed by atoms with Gasteiger partial charge < -0.3 is 5.01 Å². The summed E-state index contributed by atoms with van der Waals surface area (Å²) in [6, 6.07) is 14.2. The van der Waals surface area contributed by atoms with Crippen LogP contribution in [-0.2, 0) is 6.42 Å². The summed E-state index contributed by atoms with van der Waals surface area (Å²) in [7, 11) is 0. The van der Waals surface area contributed by atoms with Crippen LogP contribution in [0.25, 0.3) is 16.9 Å². The molecule has 2 unspecified atom stereocenters. The number of hydrogen-bond donors (Lipinski definition) is 1. The number of nitrogens with one attached hydrogen (secondary N) is 1. The fourth-order valence-electron chi connectivity index (χ4n) is 5.89. The molecule has 1 aliphatic heterocycles. The first-order valence-electron chi connectivity index (χ1n) is 11.6. The van der Waals surface area contributed by atoms with Crippen LogP contribution in [0.3, 0.4) is 0 Å². The van der Waals surface area contributed by atoms with Crippen molar-refractivity contribution in [1.82, 2.24) is 24.2 Å². The van der Waals surface area contributed by atoms with Gasteiger partial charge in [0.25, 0.3) is 5.56 Å². The lowest BCUT2D eigenvalue weighted by atomic mass is 9.81. The first kappa shape index (κ1) is 20.0. The Kier molecular flexibility index (Phi) is 4.86. The topological polar surface area (TPSA) is 88.8 Å². The van der Waals surface area contributed by atoms with Gasteiger partial charge in [-0.25, -0.2) is 19.0 Å². The van der Waals surface area contributed by atoms with Gasteiger partial charge in [0.05, 0.1) is 5.69 Å². The second-order valence-corrected chi connectivity index (χ2v) is 9.22. The van der Waals surface area contributed by atoms with E-state index >= 15 is 0 Å². The highest BCUT2D eigenvalue weighted by Crippen LogP contribution is 2.44. The van der Waals surface area contributed by atoms with E-state index in [2.05, 4.69) is 50.3 Å². The Morgan fingerprint density at radius 1 is 0.970 bits per heavy atom. The lowest BCUT2D eigenvalue weighted by molar-refractivity contribution is 0.232. The number of imidazole rings is 1. The number of H-pyrrole nitrogens is 1. The maximum Gasteiger partial charge on any atom is 0.334 e. The Hall–Kier alpha value is -3.68. The van der Waals surface area contributed by atoms with Gasteiger partial charge in [-0.05, 0) is 61.1 Å². The van der Waals surface area contributed by atoms with Crippen LogP contribution in [0.15, 0.2) is 70.8 Å². The van der Waals surface area contributed by atoms with Gasteiger partial charge in [-0.2, -0.15) is 0 Å². The molecule has 168 valence electrons. The molecule has 1 saturated heterocycles. The number of hydrogen-bond acceptors (Lipinski definition) is 5. The summed E-state index contributed by atoms with van der Waals surface area (Å²) in [5.74, 6) is 1.92. The van der Waals surface area contributed by atoms with Crippen LogP contribution >= 0.6 is 0 Å². The molecular weight excluding hydrogens is 416 g/mol. The number of aromatic nitrogens is 5. The molecule has 1 aromatic carbocycles. The van der Waals surface area contributed by atoms with Gasteiger partial charge in [-0.3, -0.25) is 14.8 Å². The highest BCUT2D eigenvalue weighted by atomic mass is 16.2. The van der Waals surface area contributed by atoms with E-state index in [0.717, 1.165) is 19.5 Å². The van der Waals surface area contributed by atoms with Crippen LogP contribution in [0, 0.1) is 17.8 Å². The number of aromatic amines is 1. The van der Waals surface area contributed by atoms with Crippen molar-refractivity contribution in [3.8, 4) is 5.69 Å². The predicted molar refractivity (Wildman–Crippen MR) is 126 cm³/mol. The molecule has 6 rings (SSSR count). The maximum absolute atomic E-state index is 12.8. The zero-order valence-corrected chi connectivity index (χ0v) is 18.3. The summed E-state index contributed by atoms with van der Waals surface area (Å²) in [6.07, 6.45) is 9.73. The van der Waals surface area contributed by atoms with Crippen molar-refractivity contribution in [3.63, 3.8) is 0 Å². The van der Waals surface area contributed by atoms with Gasteiger partial charge >= 0.3 is 5.69 Å². The highest BCUT2D eigenvalue weighted by molar-refractivity contribution is 5.72. The fourth-order valence-corrected chi connectivity index (χ4v) is 5.89. The molecule has 0 radical (unpaired) electrons. The molecule has 0 spiro atoms. The van der Waals surface area contributed by atoms with Gasteiger partial charge in [-0.1, -0.05) is 30.3 Å². The van der Waals surface area contributed by atoms with Crippen molar-refractivity contribution in [2.45, 2.75) is 25.7 Å². The number of fused-ring (bicyclic) bond motifs is 3. The van der Waals surface area contributed by atoms with E-state index in [1.807, 2.05) is 4.68 Å². The second-order valence-electron chi connectivity index (χ2n) is 9.22. The molecule has 3 aromatic heterocycles. The minimum Gasteiger partial charge on any atom is -0.309 e. The average Bonchev–Trinajstić information content (AvgIpc) is 3.37. The number of piperidine rings is 1. The normalized spacial score (nSPS) is 22.2. The summed E-state index contributed by atoms with van der Waals surface area (Å²) < 4.78 is 3.44. The van der Waals surface area contributed by atoms with Crippen molar-refractivity contribution in [3.05, 3.63) is 87.6 Å². The molecule has 33 heavy (non-hydrogen) atoms. The summed E-state index contributed by atoms with van der Waals surface area (Å²) in [5.41, 5.74) is 1.90. The van der Waals surface area contributed by atoms with E-state index in [4.69, 9.17) is 0 Å². The Bertz CT molecular complexity index is 1380. The standard InChI is InChI=1S/C25H26N6O2/c32-23-22-24(31(25(33)28-23)20-10-12-26-13-11-20)30(16-27-22)29-14-18-7-8-19(15-29)21(18)9-6-17-4-2-1-3-5-17/h1-5,10-13,16,18-19,21H,6-9,14-15H2,(H,28,32,33). The Morgan fingerprint density at radius 2 is 1.70 bits per heavy atom. The third-order valence-corrected chi connectivity index (χ3v) is 7.42. The first-order valence-corrected chi connectivity index (χ1v) is 11.6. The molecule has 1 saturated carbocycles. The lowest BCUT2D eigenvalue weighted by Crippen LogP contribution is -2.48. The first-order chi connectivity index (χ1) is 16.2.